The van der Waals surface area contributed by atoms with Gasteiger partial charge in [-0.2, -0.15) is 0 Å². The predicted octanol–water partition coefficient (Wildman–Crippen LogP) is 3.07. The molecule has 0 amide bonds. The third-order valence-corrected chi connectivity index (χ3v) is 3.89. The number of aliphatic hydroxyl groups excluding tert-OH is 1. The number of ether oxygens (including phenoxy) is 1. The molecule has 0 aromatic heterocycles. The molecule has 1 aromatic rings. The summed E-state index contributed by atoms with van der Waals surface area (Å²) in [5, 5.41) is 9.60. The van der Waals surface area contributed by atoms with Crippen LogP contribution in [0.3, 0.4) is 0 Å². The van der Waals surface area contributed by atoms with Gasteiger partial charge in [0.05, 0.1) is 18.8 Å². The van der Waals surface area contributed by atoms with Crippen LogP contribution in [-0.4, -0.2) is 24.9 Å². The third-order valence-electron chi connectivity index (χ3n) is 3.89. The number of aliphatic hydroxyl groups is 1. The largest absolute Gasteiger partial charge is 0.394 e. The zero-order valence-electron chi connectivity index (χ0n) is 12.8. The van der Waals surface area contributed by atoms with Crippen molar-refractivity contribution < 1.29 is 9.84 Å². The Morgan fingerprint density at radius 1 is 1.25 bits per heavy atom. The van der Waals surface area contributed by atoms with Crippen LogP contribution in [0.4, 0.5) is 0 Å². The Morgan fingerprint density at radius 3 is 2.50 bits per heavy atom. The van der Waals surface area contributed by atoms with Crippen LogP contribution < -0.4 is 5.73 Å². The van der Waals surface area contributed by atoms with Gasteiger partial charge in [0.25, 0.3) is 0 Å². The molecule has 0 fully saturated rings. The number of rotatable bonds is 10. The van der Waals surface area contributed by atoms with Gasteiger partial charge in [-0.3, -0.25) is 0 Å². The van der Waals surface area contributed by atoms with Crippen molar-refractivity contribution in [3.8, 4) is 0 Å². The standard InChI is InChI=1S/C17H29NO2/c1-3-5-9-15(4-2)12-20-14-17(18,13-19)16-10-7-6-8-11-16/h6-8,10-11,15,19H,3-5,9,12-14,18H2,1-2H3. The molecule has 0 aliphatic carbocycles. The molecule has 0 saturated heterocycles. The van der Waals surface area contributed by atoms with Crippen LogP contribution in [0, 0.1) is 5.92 Å². The van der Waals surface area contributed by atoms with E-state index in [1.165, 1.54) is 19.3 Å². The molecule has 3 N–H and O–H groups in total. The average Bonchev–Trinajstić information content (AvgIpc) is 2.51. The lowest BCUT2D eigenvalue weighted by Gasteiger charge is -2.28. The SMILES string of the molecule is CCCCC(CC)COCC(N)(CO)c1ccccc1. The summed E-state index contributed by atoms with van der Waals surface area (Å²) < 4.78 is 5.81. The highest BCUT2D eigenvalue weighted by Crippen LogP contribution is 2.19. The van der Waals surface area contributed by atoms with Crippen molar-refractivity contribution in [1.82, 2.24) is 0 Å². The van der Waals surface area contributed by atoms with Crippen LogP contribution in [0.15, 0.2) is 30.3 Å². The van der Waals surface area contributed by atoms with Gasteiger partial charge >= 0.3 is 0 Å². The molecule has 3 heteroatoms. The van der Waals surface area contributed by atoms with Crippen molar-refractivity contribution in [2.45, 2.75) is 45.1 Å². The summed E-state index contributed by atoms with van der Waals surface area (Å²) in [6, 6.07) is 9.69. The molecule has 0 bridgehead atoms. The molecular weight excluding hydrogens is 250 g/mol. The number of nitrogens with two attached hydrogens (primary N) is 1. The lowest BCUT2D eigenvalue weighted by Crippen LogP contribution is -2.45. The Bertz CT molecular complexity index is 355. The van der Waals surface area contributed by atoms with Gasteiger partial charge in [0, 0.05) is 6.61 Å². The molecule has 0 heterocycles. The van der Waals surface area contributed by atoms with Crippen LogP contribution in [0.25, 0.3) is 0 Å². The predicted molar refractivity (Wildman–Crippen MR) is 83.5 cm³/mol. The van der Waals surface area contributed by atoms with Gasteiger partial charge < -0.3 is 15.6 Å². The number of hydrogen-bond acceptors (Lipinski definition) is 3. The summed E-state index contributed by atoms with van der Waals surface area (Å²) in [4.78, 5) is 0. The van der Waals surface area contributed by atoms with Gasteiger partial charge in [0.1, 0.15) is 0 Å². The lowest BCUT2D eigenvalue weighted by molar-refractivity contribution is 0.0325. The molecule has 2 unspecified atom stereocenters. The lowest BCUT2D eigenvalue weighted by atomic mass is 9.93. The Kier molecular flexibility index (Phi) is 7.82. The van der Waals surface area contributed by atoms with Crippen LogP contribution in [0.5, 0.6) is 0 Å². The molecule has 2 atom stereocenters. The molecular formula is C17H29NO2. The van der Waals surface area contributed by atoms with Crippen LogP contribution >= 0.6 is 0 Å². The molecule has 0 spiro atoms. The first-order valence-corrected chi connectivity index (χ1v) is 7.69. The van der Waals surface area contributed by atoms with Crippen LogP contribution in [0.2, 0.25) is 0 Å². The molecule has 1 rings (SSSR count). The van der Waals surface area contributed by atoms with E-state index in [4.69, 9.17) is 10.5 Å². The topological polar surface area (TPSA) is 55.5 Å². The quantitative estimate of drug-likeness (QED) is 0.692. The van der Waals surface area contributed by atoms with Gasteiger partial charge in [0.15, 0.2) is 0 Å². The van der Waals surface area contributed by atoms with Crippen molar-refractivity contribution >= 4 is 0 Å². The van der Waals surface area contributed by atoms with Gasteiger partial charge in [-0.1, -0.05) is 63.4 Å². The third kappa shape index (κ3) is 5.23. The Hall–Kier alpha value is -0.900. The van der Waals surface area contributed by atoms with E-state index in [-0.39, 0.29) is 6.61 Å². The number of unbranched alkanes of at least 4 members (excludes halogenated alkanes) is 1. The first-order chi connectivity index (χ1) is 9.66. The molecule has 20 heavy (non-hydrogen) atoms. The maximum absolute atomic E-state index is 9.60. The normalized spacial score (nSPS) is 15.8. The minimum Gasteiger partial charge on any atom is -0.394 e. The molecule has 3 nitrogen and oxygen atoms in total. The molecule has 1 aromatic carbocycles. The van der Waals surface area contributed by atoms with Crippen LogP contribution in [0.1, 0.15) is 45.1 Å². The smallest absolute Gasteiger partial charge is 0.0881 e. The summed E-state index contributed by atoms with van der Waals surface area (Å²) >= 11 is 0. The fourth-order valence-corrected chi connectivity index (χ4v) is 2.30. The Morgan fingerprint density at radius 2 is 1.95 bits per heavy atom. The second-order valence-electron chi connectivity index (χ2n) is 5.61. The molecule has 0 saturated carbocycles. The van der Waals surface area contributed by atoms with Gasteiger partial charge in [-0.25, -0.2) is 0 Å². The Labute approximate surface area is 123 Å². The highest BCUT2D eigenvalue weighted by atomic mass is 16.5. The first kappa shape index (κ1) is 17.2. The maximum atomic E-state index is 9.60. The van der Waals surface area contributed by atoms with Gasteiger partial charge in [0.2, 0.25) is 0 Å². The van der Waals surface area contributed by atoms with E-state index in [0.29, 0.717) is 12.5 Å². The summed E-state index contributed by atoms with van der Waals surface area (Å²) in [6.45, 7) is 5.38. The van der Waals surface area contributed by atoms with Crippen molar-refractivity contribution in [2.24, 2.45) is 11.7 Å². The van der Waals surface area contributed by atoms with E-state index in [1.54, 1.807) is 0 Å². The highest BCUT2D eigenvalue weighted by molar-refractivity contribution is 5.24. The van der Waals surface area contributed by atoms with E-state index in [0.717, 1.165) is 18.6 Å². The van der Waals surface area contributed by atoms with E-state index in [9.17, 15) is 5.11 Å². The van der Waals surface area contributed by atoms with Crippen molar-refractivity contribution in [3.63, 3.8) is 0 Å². The summed E-state index contributed by atoms with van der Waals surface area (Å²) in [5.41, 5.74) is 6.39. The van der Waals surface area contributed by atoms with Crippen molar-refractivity contribution in [1.29, 1.82) is 0 Å². The summed E-state index contributed by atoms with van der Waals surface area (Å²) in [6.07, 6.45) is 4.80. The molecule has 0 radical (unpaired) electrons. The monoisotopic (exact) mass is 279 g/mol. The maximum Gasteiger partial charge on any atom is 0.0881 e. The number of benzene rings is 1. The minimum atomic E-state index is -0.801. The summed E-state index contributed by atoms with van der Waals surface area (Å²) in [7, 11) is 0. The minimum absolute atomic E-state index is 0.108. The van der Waals surface area contributed by atoms with Crippen molar-refractivity contribution in [2.75, 3.05) is 19.8 Å². The van der Waals surface area contributed by atoms with Crippen molar-refractivity contribution in [3.05, 3.63) is 35.9 Å². The average molecular weight is 279 g/mol. The molecule has 114 valence electrons. The number of hydrogen-bond donors (Lipinski definition) is 2. The van der Waals surface area contributed by atoms with Gasteiger partial charge in [-0.05, 0) is 17.9 Å². The second-order valence-corrected chi connectivity index (χ2v) is 5.61. The van der Waals surface area contributed by atoms with E-state index < -0.39 is 5.54 Å². The zero-order valence-corrected chi connectivity index (χ0v) is 12.8. The Balaban J connectivity index is 2.49. The van der Waals surface area contributed by atoms with Crippen LogP contribution in [-0.2, 0) is 10.3 Å². The van der Waals surface area contributed by atoms with E-state index in [2.05, 4.69) is 13.8 Å². The van der Waals surface area contributed by atoms with E-state index >= 15 is 0 Å². The molecule has 0 aliphatic heterocycles. The first-order valence-electron chi connectivity index (χ1n) is 7.69. The molecule has 0 aliphatic rings. The zero-order chi connectivity index (χ0) is 14.8. The van der Waals surface area contributed by atoms with Gasteiger partial charge in [-0.15, -0.1) is 0 Å². The fraction of sp³-hybridized carbons (Fsp3) is 0.647. The highest BCUT2D eigenvalue weighted by Gasteiger charge is 2.27. The second kappa shape index (κ2) is 9.11. The summed E-state index contributed by atoms with van der Waals surface area (Å²) in [5.74, 6) is 0.591. The fourth-order valence-electron chi connectivity index (χ4n) is 2.30. The van der Waals surface area contributed by atoms with E-state index in [1.807, 2.05) is 30.3 Å².